The molecule has 2 amide bonds. The second kappa shape index (κ2) is 16.7. The van der Waals surface area contributed by atoms with Crippen LogP contribution in [0.4, 0.5) is 5.69 Å². The van der Waals surface area contributed by atoms with Crippen molar-refractivity contribution < 1.29 is 48.0 Å². The number of anilines is 1. The van der Waals surface area contributed by atoms with Crippen LogP contribution in [0.3, 0.4) is 0 Å². The number of para-hydroxylation sites is 1. The number of aliphatic hydroxyl groups excluding tert-OH is 1. The summed E-state index contributed by atoms with van der Waals surface area (Å²) >= 11 is 0. The predicted octanol–water partition coefficient (Wildman–Crippen LogP) is 5.33. The van der Waals surface area contributed by atoms with Gasteiger partial charge in [0, 0.05) is 29.5 Å². The molecule has 0 bridgehead atoms. The van der Waals surface area contributed by atoms with Gasteiger partial charge in [0.15, 0.2) is 11.5 Å². The lowest BCUT2D eigenvalue weighted by Crippen LogP contribution is -2.58. The smallest absolute Gasteiger partial charge is 0.310 e. The second-order valence-corrected chi connectivity index (χ2v) is 12.9. The number of ether oxygens (including phenoxy) is 5. The van der Waals surface area contributed by atoms with Gasteiger partial charge in [0.25, 0.3) is 11.8 Å². The number of aromatic nitrogens is 1. The van der Waals surface area contributed by atoms with Gasteiger partial charge in [-0.15, -0.1) is 0 Å². The highest BCUT2D eigenvalue weighted by Gasteiger charge is 2.48. The fourth-order valence-corrected chi connectivity index (χ4v) is 6.77. The first-order valence-electron chi connectivity index (χ1n) is 18.0. The number of esters is 2. The Balaban J connectivity index is 1.35. The summed E-state index contributed by atoms with van der Waals surface area (Å²) in [5, 5.41) is 13.3. The molecule has 0 aliphatic carbocycles. The Morgan fingerprint density at radius 2 is 1.69 bits per heavy atom. The summed E-state index contributed by atoms with van der Waals surface area (Å²) in [6.07, 6.45) is -1.54. The highest BCUT2D eigenvalue weighted by Crippen LogP contribution is 2.43. The molecule has 0 unspecified atom stereocenters. The van der Waals surface area contributed by atoms with Gasteiger partial charge in [-0.1, -0.05) is 48.5 Å². The number of carbonyl (C=O) groups is 4. The van der Waals surface area contributed by atoms with Crippen molar-refractivity contribution in [2.75, 3.05) is 31.5 Å². The lowest BCUT2D eigenvalue weighted by molar-refractivity contribution is -0.154. The largest absolute Gasteiger partial charge is 0.493 e. The van der Waals surface area contributed by atoms with Crippen LogP contribution in [0.1, 0.15) is 57.8 Å². The number of rotatable bonds is 13. The quantitative estimate of drug-likeness (QED) is 0.118. The molecule has 0 saturated heterocycles. The average Bonchev–Trinajstić information content (AvgIpc) is 3.67. The van der Waals surface area contributed by atoms with E-state index >= 15 is 0 Å². The highest BCUT2D eigenvalue weighted by molar-refractivity contribution is 6.08. The van der Waals surface area contributed by atoms with Gasteiger partial charge in [0.2, 0.25) is 6.79 Å². The maximum atomic E-state index is 14.8. The molecule has 55 heavy (non-hydrogen) atoms. The van der Waals surface area contributed by atoms with Gasteiger partial charge in [-0.3, -0.25) is 24.1 Å². The maximum absolute atomic E-state index is 14.8. The molecule has 4 aromatic carbocycles. The van der Waals surface area contributed by atoms with E-state index in [0.29, 0.717) is 51.6 Å². The minimum absolute atomic E-state index is 0.0602. The standard InChI is InChI=1S/C42H39N3O10/c1-2-51-37(47)24-34-40(55-38(48)22-26-13-18-35-36(21-26)54-25-53-35)39(44-41(49)28-10-4-3-5-11-28)30-23-29(52-20-8-19-46)15-17-33(30)45(34)42(50)32-16-14-27-9-6-7-12-31(27)43-32/h3-7,9-18,21,23,34,39-40,46H,2,8,19-20,22,24-25H2,1H3,(H,44,49)/t34-,39-,40-/m0/s1. The Kier molecular flexibility index (Phi) is 11.2. The number of hydrogen-bond donors (Lipinski definition) is 2. The fourth-order valence-electron chi connectivity index (χ4n) is 6.77. The molecule has 0 fully saturated rings. The van der Waals surface area contributed by atoms with E-state index < -0.39 is 41.9 Å². The molecule has 2 aliphatic heterocycles. The number of fused-ring (bicyclic) bond motifs is 3. The van der Waals surface area contributed by atoms with E-state index in [1.807, 2.05) is 18.2 Å². The summed E-state index contributed by atoms with van der Waals surface area (Å²) in [7, 11) is 0. The van der Waals surface area contributed by atoms with Gasteiger partial charge < -0.3 is 34.1 Å². The van der Waals surface area contributed by atoms with Crippen molar-refractivity contribution in [1.29, 1.82) is 0 Å². The minimum Gasteiger partial charge on any atom is -0.493 e. The van der Waals surface area contributed by atoms with Crippen molar-refractivity contribution in [1.82, 2.24) is 10.3 Å². The third-order valence-corrected chi connectivity index (χ3v) is 9.30. The molecule has 0 saturated carbocycles. The maximum Gasteiger partial charge on any atom is 0.310 e. The average molecular weight is 746 g/mol. The number of benzene rings is 4. The number of hydrogen-bond acceptors (Lipinski definition) is 11. The van der Waals surface area contributed by atoms with Crippen molar-refractivity contribution in [2.45, 2.75) is 44.4 Å². The molecule has 13 heteroatoms. The van der Waals surface area contributed by atoms with E-state index in [1.165, 1.54) is 4.90 Å². The first-order chi connectivity index (χ1) is 26.8. The second-order valence-electron chi connectivity index (χ2n) is 12.9. The van der Waals surface area contributed by atoms with E-state index in [4.69, 9.17) is 23.7 Å². The summed E-state index contributed by atoms with van der Waals surface area (Å²) in [5.74, 6) is -0.964. The Hall–Kier alpha value is -6.47. The zero-order valence-corrected chi connectivity index (χ0v) is 30.0. The van der Waals surface area contributed by atoms with Gasteiger partial charge in [0.05, 0.1) is 49.3 Å². The van der Waals surface area contributed by atoms with Crippen LogP contribution in [0.5, 0.6) is 17.2 Å². The van der Waals surface area contributed by atoms with E-state index in [0.717, 1.165) is 5.39 Å². The molecule has 2 aliphatic rings. The molecule has 2 N–H and O–H groups in total. The zero-order chi connectivity index (χ0) is 38.3. The monoisotopic (exact) mass is 745 g/mol. The molecular weight excluding hydrogens is 706 g/mol. The third kappa shape index (κ3) is 8.21. The number of nitrogens with zero attached hydrogens (tertiary/aromatic N) is 2. The van der Waals surface area contributed by atoms with Crippen LogP contribution in [0.15, 0.2) is 103 Å². The van der Waals surface area contributed by atoms with Gasteiger partial charge in [-0.2, -0.15) is 0 Å². The zero-order valence-electron chi connectivity index (χ0n) is 30.0. The molecule has 7 rings (SSSR count). The first kappa shape index (κ1) is 36.9. The highest BCUT2D eigenvalue weighted by atomic mass is 16.7. The Morgan fingerprint density at radius 3 is 2.51 bits per heavy atom. The fraction of sp³-hybridized carbons (Fsp3) is 0.262. The van der Waals surface area contributed by atoms with Gasteiger partial charge in [-0.25, -0.2) is 4.98 Å². The van der Waals surface area contributed by atoms with Crippen LogP contribution in [-0.2, 0) is 25.5 Å². The molecule has 1 aromatic heterocycles. The van der Waals surface area contributed by atoms with Crippen LogP contribution in [0.25, 0.3) is 10.9 Å². The minimum atomic E-state index is -1.32. The van der Waals surface area contributed by atoms with E-state index in [2.05, 4.69) is 10.3 Å². The first-order valence-corrected chi connectivity index (χ1v) is 18.0. The Morgan fingerprint density at radius 1 is 0.891 bits per heavy atom. The van der Waals surface area contributed by atoms with Crippen molar-refractivity contribution >= 4 is 40.3 Å². The third-order valence-electron chi connectivity index (χ3n) is 9.30. The lowest BCUT2D eigenvalue weighted by atomic mass is 9.85. The number of carbonyl (C=O) groups excluding carboxylic acids is 4. The molecule has 5 aromatic rings. The SMILES string of the molecule is CCOC(=O)C[C@H]1[C@H](OC(=O)Cc2ccc3c(c2)OCO3)[C@@H](NC(=O)c2ccccc2)c2cc(OCCCO)ccc2N1C(=O)c1ccc2ccccc2n1. The molecule has 3 heterocycles. The summed E-state index contributed by atoms with van der Waals surface area (Å²) in [4.78, 5) is 62.2. The molecule has 0 radical (unpaired) electrons. The van der Waals surface area contributed by atoms with Crippen LogP contribution >= 0.6 is 0 Å². The van der Waals surface area contributed by atoms with Gasteiger partial charge in [-0.05, 0) is 67.1 Å². The molecule has 0 spiro atoms. The normalized spacial score (nSPS) is 16.9. The van der Waals surface area contributed by atoms with E-state index in [9.17, 15) is 24.3 Å². The summed E-state index contributed by atoms with van der Waals surface area (Å²) in [6, 6.07) is 27.1. The molecular formula is C42H39N3O10. The summed E-state index contributed by atoms with van der Waals surface area (Å²) < 4.78 is 28.6. The van der Waals surface area contributed by atoms with E-state index in [-0.39, 0.29) is 45.1 Å². The van der Waals surface area contributed by atoms with Gasteiger partial charge in [0.1, 0.15) is 17.5 Å². The summed E-state index contributed by atoms with van der Waals surface area (Å²) in [5.41, 5.74) is 2.31. The molecule has 282 valence electrons. The predicted molar refractivity (Wildman–Crippen MR) is 200 cm³/mol. The topological polar surface area (TPSA) is 163 Å². The summed E-state index contributed by atoms with van der Waals surface area (Å²) in [6.45, 7) is 1.91. The van der Waals surface area contributed by atoms with Crippen LogP contribution in [0.2, 0.25) is 0 Å². The molecule has 3 atom stereocenters. The van der Waals surface area contributed by atoms with Crippen LogP contribution in [-0.4, -0.2) is 72.6 Å². The number of amides is 2. The number of pyridine rings is 1. The van der Waals surface area contributed by atoms with Gasteiger partial charge >= 0.3 is 11.9 Å². The molecule has 13 nitrogen and oxygen atoms in total. The van der Waals surface area contributed by atoms with Crippen molar-refractivity contribution in [3.05, 3.63) is 126 Å². The number of nitrogens with one attached hydrogen (secondary N) is 1. The Labute approximate surface area is 316 Å². The lowest BCUT2D eigenvalue weighted by Gasteiger charge is -2.45. The van der Waals surface area contributed by atoms with Crippen molar-refractivity contribution in [3.8, 4) is 17.2 Å². The van der Waals surface area contributed by atoms with Crippen LogP contribution < -0.4 is 24.4 Å². The van der Waals surface area contributed by atoms with Crippen molar-refractivity contribution in [2.24, 2.45) is 0 Å². The number of aliphatic hydroxyl groups is 1. The van der Waals surface area contributed by atoms with Crippen LogP contribution in [0, 0.1) is 0 Å². The Bertz CT molecular complexity index is 2210. The van der Waals surface area contributed by atoms with E-state index in [1.54, 1.807) is 91.9 Å². The van der Waals surface area contributed by atoms with Crippen molar-refractivity contribution in [3.63, 3.8) is 0 Å².